The first kappa shape index (κ1) is 12.9. The number of hydrogen-bond donors (Lipinski definition) is 2. The van der Waals surface area contributed by atoms with Gasteiger partial charge in [-0.1, -0.05) is 30.3 Å². The fourth-order valence-corrected chi connectivity index (χ4v) is 2.05. The molecule has 1 amide bonds. The zero-order chi connectivity index (χ0) is 13.0. The van der Waals surface area contributed by atoms with Crippen molar-refractivity contribution >= 4 is 6.09 Å². The van der Waals surface area contributed by atoms with Crippen LogP contribution in [0.2, 0.25) is 0 Å². The van der Waals surface area contributed by atoms with Gasteiger partial charge in [-0.15, -0.1) is 0 Å². The van der Waals surface area contributed by atoms with Crippen LogP contribution in [0.3, 0.4) is 0 Å². The first-order valence-electron chi connectivity index (χ1n) is 6.30. The van der Waals surface area contributed by atoms with Crippen molar-refractivity contribution in [1.29, 1.82) is 0 Å². The molecule has 1 aliphatic rings. The molecule has 4 heteroatoms. The Morgan fingerprint density at radius 1 is 1.44 bits per heavy atom. The number of ether oxygens (including phenoxy) is 1. The van der Waals surface area contributed by atoms with E-state index >= 15 is 0 Å². The van der Waals surface area contributed by atoms with Crippen molar-refractivity contribution in [2.75, 3.05) is 0 Å². The largest absolute Gasteiger partial charge is 0.445 e. The number of benzene rings is 1. The van der Waals surface area contributed by atoms with Gasteiger partial charge < -0.3 is 15.2 Å². The molecule has 0 saturated heterocycles. The molecule has 1 saturated carbocycles. The second kappa shape index (κ2) is 5.40. The van der Waals surface area contributed by atoms with E-state index in [9.17, 15) is 9.90 Å². The van der Waals surface area contributed by atoms with Crippen molar-refractivity contribution < 1.29 is 14.6 Å². The van der Waals surface area contributed by atoms with Crippen LogP contribution in [0.4, 0.5) is 4.79 Å². The minimum atomic E-state index is -0.744. The van der Waals surface area contributed by atoms with Crippen molar-refractivity contribution in [3.8, 4) is 0 Å². The smallest absolute Gasteiger partial charge is 0.407 e. The fourth-order valence-electron chi connectivity index (χ4n) is 2.05. The number of amides is 1. The molecule has 18 heavy (non-hydrogen) atoms. The maximum absolute atomic E-state index is 11.6. The third kappa shape index (κ3) is 3.01. The van der Waals surface area contributed by atoms with Gasteiger partial charge in [0, 0.05) is 0 Å². The van der Waals surface area contributed by atoms with Crippen LogP contribution < -0.4 is 5.32 Å². The molecule has 1 aliphatic carbocycles. The number of rotatable bonds is 4. The van der Waals surface area contributed by atoms with Crippen molar-refractivity contribution in [3.05, 3.63) is 35.9 Å². The van der Waals surface area contributed by atoms with Crippen LogP contribution >= 0.6 is 0 Å². The lowest BCUT2D eigenvalue weighted by Crippen LogP contribution is -2.55. The summed E-state index contributed by atoms with van der Waals surface area (Å²) in [6.07, 6.45) is 2.02. The predicted octanol–water partition coefficient (Wildman–Crippen LogP) is 2.22. The van der Waals surface area contributed by atoms with Crippen LogP contribution in [-0.4, -0.2) is 22.8 Å². The summed E-state index contributed by atoms with van der Waals surface area (Å²) < 4.78 is 5.10. The van der Waals surface area contributed by atoms with Crippen molar-refractivity contribution in [1.82, 2.24) is 5.32 Å². The lowest BCUT2D eigenvalue weighted by atomic mass is 9.75. The lowest BCUT2D eigenvalue weighted by Gasteiger charge is -2.41. The molecule has 0 spiro atoms. The van der Waals surface area contributed by atoms with E-state index in [0.717, 1.165) is 24.8 Å². The highest BCUT2D eigenvalue weighted by molar-refractivity contribution is 5.67. The van der Waals surface area contributed by atoms with Crippen molar-refractivity contribution in [3.63, 3.8) is 0 Å². The number of hydrogen-bond acceptors (Lipinski definition) is 3. The summed E-state index contributed by atoms with van der Waals surface area (Å²) in [7, 11) is 0. The molecule has 98 valence electrons. The second-order valence-electron chi connectivity index (χ2n) is 4.88. The average molecular weight is 249 g/mol. The molecule has 1 unspecified atom stereocenters. The van der Waals surface area contributed by atoms with E-state index in [1.54, 1.807) is 0 Å². The van der Waals surface area contributed by atoms with Crippen LogP contribution in [-0.2, 0) is 11.3 Å². The Balaban J connectivity index is 1.75. The zero-order valence-electron chi connectivity index (χ0n) is 10.6. The number of carbonyl (C=O) groups is 1. The Morgan fingerprint density at radius 2 is 2.11 bits per heavy atom. The molecule has 2 N–H and O–H groups in total. The Labute approximate surface area is 107 Å². The Morgan fingerprint density at radius 3 is 2.67 bits per heavy atom. The fraction of sp³-hybridized carbons (Fsp3) is 0.500. The van der Waals surface area contributed by atoms with Gasteiger partial charge in [0.2, 0.25) is 0 Å². The highest BCUT2D eigenvalue weighted by Crippen LogP contribution is 2.34. The molecule has 1 fully saturated rings. The van der Waals surface area contributed by atoms with Crippen LogP contribution in [0.1, 0.15) is 31.7 Å². The SMILES string of the molecule is CC(NC(=O)OCc1ccccc1)C1(O)CCC1. The molecule has 4 nitrogen and oxygen atoms in total. The number of aliphatic hydroxyl groups is 1. The van der Waals surface area contributed by atoms with E-state index in [0.29, 0.717) is 0 Å². The minimum absolute atomic E-state index is 0.248. The summed E-state index contributed by atoms with van der Waals surface area (Å²) in [6.45, 7) is 2.06. The van der Waals surface area contributed by atoms with E-state index < -0.39 is 11.7 Å². The van der Waals surface area contributed by atoms with E-state index in [4.69, 9.17) is 4.74 Å². The van der Waals surface area contributed by atoms with Crippen LogP contribution in [0.5, 0.6) is 0 Å². The molecule has 1 aromatic rings. The van der Waals surface area contributed by atoms with Gasteiger partial charge >= 0.3 is 6.09 Å². The highest BCUT2D eigenvalue weighted by Gasteiger charge is 2.40. The van der Waals surface area contributed by atoms with E-state index in [1.807, 2.05) is 37.3 Å². The zero-order valence-corrected chi connectivity index (χ0v) is 10.6. The van der Waals surface area contributed by atoms with E-state index in [2.05, 4.69) is 5.32 Å². The normalized spacial score (nSPS) is 18.6. The first-order valence-corrected chi connectivity index (χ1v) is 6.30. The van der Waals surface area contributed by atoms with Crippen LogP contribution in [0, 0.1) is 0 Å². The standard InChI is InChI=1S/C14H19NO3/c1-11(14(17)8-5-9-14)15-13(16)18-10-12-6-3-2-4-7-12/h2-4,6-7,11,17H,5,8-10H2,1H3,(H,15,16). The highest BCUT2D eigenvalue weighted by atomic mass is 16.5. The quantitative estimate of drug-likeness (QED) is 0.860. The molecule has 2 rings (SSSR count). The Kier molecular flexibility index (Phi) is 3.87. The van der Waals surface area contributed by atoms with Crippen molar-refractivity contribution in [2.45, 2.75) is 44.4 Å². The molecule has 0 aromatic heterocycles. The van der Waals surface area contributed by atoms with Gasteiger partial charge in [-0.2, -0.15) is 0 Å². The summed E-state index contributed by atoms with van der Waals surface area (Å²) in [6, 6.07) is 9.24. The molecule has 0 heterocycles. The van der Waals surface area contributed by atoms with Gasteiger partial charge in [-0.3, -0.25) is 0 Å². The molecule has 1 aromatic carbocycles. The van der Waals surface area contributed by atoms with E-state index in [1.165, 1.54) is 0 Å². The lowest BCUT2D eigenvalue weighted by molar-refractivity contribution is -0.0592. The molecular weight excluding hydrogens is 230 g/mol. The molecule has 0 bridgehead atoms. The van der Waals surface area contributed by atoms with Crippen molar-refractivity contribution in [2.24, 2.45) is 0 Å². The number of nitrogens with one attached hydrogen (secondary N) is 1. The maximum atomic E-state index is 11.6. The van der Waals surface area contributed by atoms with Gasteiger partial charge in [0.1, 0.15) is 6.61 Å². The van der Waals surface area contributed by atoms with Gasteiger partial charge in [0.05, 0.1) is 11.6 Å². The Bertz CT molecular complexity index is 401. The van der Waals surface area contributed by atoms with Gasteiger partial charge in [-0.25, -0.2) is 4.79 Å². The van der Waals surface area contributed by atoms with Gasteiger partial charge in [0.15, 0.2) is 0 Å². The second-order valence-corrected chi connectivity index (χ2v) is 4.88. The first-order chi connectivity index (χ1) is 8.60. The average Bonchev–Trinajstić information content (AvgIpc) is 2.34. The molecule has 1 atom stereocenters. The number of alkyl carbamates (subject to hydrolysis) is 1. The molecule has 0 radical (unpaired) electrons. The predicted molar refractivity (Wildman–Crippen MR) is 68.0 cm³/mol. The van der Waals surface area contributed by atoms with Crippen LogP contribution in [0.15, 0.2) is 30.3 Å². The molecule has 0 aliphatic heterocycles. The number of carbonyl (C=O) groups excluding carboxylic acids is 1. The summed E-state index contributed by atoms with van der Waals surface area (Å²) in [5, 5.41) is 12.7. The summed E-state index contributed by atoms with van der Waals surface area (Å²) >= 11 is 0. The third-order valence-corrected chi connectivity index (χ3v) is 3.57. The maximum Gasteiger partial charge on any atom is 0.407 e. The third-order valence-electron chi connectivity index (χ3n) is 3.57. The topological polar surface area (TPSA) is 58.6 Å². The van der Waals surface area contributed by atoms with Crippen LogP contribution in [0.25, 0.3) is 0 Å². The van der Waals surface area contributed by atoms with Gasteiger partial charge in [-0.05, 0) is 31.7 Å². The monoisotopic (exact) mass is 249 g/mol. The minimum Gasteiger partial charge on any atom is -0.445 e. The summed E-state index contributed by atoms with van der Waals surface area (Å²) in [5.41, 5.74) is 0.203. The van der Waals surface area contributed by atoms with Gasteiger partial charge in [0.25, 0.3) is 0 Å². The molecular formula is C14H19NO3. The summed E-state index contributed by atoms with van der Waals surface area (Å²) in [4.78, 5) is 11.6. The Hall–Kier alpha value is -1.55. The summed E-state index contributed by atoms with van der Waals surface area (Å²) in [5.74, 6) is 0. The van der Waals surface area contributed by atoms with E-state index in [-0.39, 0.29) is 12.6 Å².